The molecule has 0 saturated heterocycles. The summed E-state index contributed by atoms with van der Waals surface area (Å²) in [5.41, 5.74) is 0. The van der Waals surface area contributed by atoms with Crippen LogP contribution in [0.2, 0.25) is 0 Å². The van der Waals surface area contributed by atoms with E-state index in [0.717, 1.165) is 14.6 Å². The minimum absolute atomic E-state index is 0.290. The smallest absolute Gasteiger partial charge is 0.240 e. The number of hydrogen-bond acceptors (Lipinski definition) is 4. The van der Waals surface area contributed by atoms with Gasteiger partial charge in [-0.25, -0.2) is 13.1 Å². The summed E-state index contributed by atoms with van der Waals surface area (Å²) in [4.78, 5) is 0.290. The van der Waals surface area contributed by atoms with Crippen LogP contribution >= 0.6 is 34.4 Å². The molecule has 1 saturated carbocycles. The van der Waals surface area contributed by atoms with Crippen molar-refractivity contribution in [1.29, 1.82) is 0 Å². The summed E-state index contributed by atoms with van der Waals surface area (Å²) in [7, 11) is -1.85. The maximum atomic E-state index is 12.2. The van der Waals surface area contributed by atoms with Gasteiger partial charge in [0.05, 0.1) is 15.6 Å². The summed E-state index contributed by atoms with van der Waals surface area (Å²) in [5.74, 6) is 1.52. The topological polar surface area (TPSA) is 55.4 Å². The lowest BCUT2D eigenvalue weighted by Gasteiger charge is -2.11. The fourth-order valence-corrected chi connectivity index (χ4v) is 5.71. The first kappa shape index (κ1) is 17.4. The summed E-state index contributed by atoms with van der Waals surface area (Å²) in [5, 5.41) is 0.719. The quantitative estimate of drug-likeness (QED) is 0.522. The second-order valence-corrected chi connectivity index (χ2v) is 9.31. The maximum Gasteiger partial charge on any atom is 0.240 e. The SMILES string of the molecule is COc1ccc(S(=O)(=O)NCCSC2CCCC2)cc1I. The molecule has 0 unspecified atom stereocenters. The van der Waals surface area contributed by atoms with Crippen LogP contribution in [0, 0.1) is 3.57 Å². The monoisotopic (exact) mass is 441 g/mol. The molecule has 1 aromatic rings. The fraction of sp³-hybridized carbons (Fsp3) is 0.571. The molecule has 0 aliphatic heterocycles. The molecule has 118 valence electrons. The minimum atomic E-state index is -3.43. The van der Waals surface area contributed by atoms with Gasteiger partial charge < -0.3 is 4.74 Å². The normalized spacial score (nSPS) is 16.3. The molecule has 1 aromatic carbocycles. The number of halogens is 1. The van der Waals surface area contributed by atoms with E-state index < -0.39 is 10.0 Å². The van der Waals surface area contributed by atoms with Crippen molar-refractivity contribution in [3.05, 3.63) is 21.8 Å². The molecule has 2 rings (SSSR count). The van der Waals surface area contributed by atoms with Crippen LogP contribution in [-0.4, -0.2) is 33.1 Å². The van der Waals surface area contributed by atoms with Gasteiger partial charge in [-0.2, -0.15) is 11.8 Å². The van der Waals surface area contributed by atoms with Crippen molar-refractivity contribution in [2.45, 2.75) is 35.8 Å². The molecule has 0 atom stereocenters. The van der Waals surface area contributed by atoms with E-state index in [-0.39, 0.29) is 0 Å². The Bertz CT molecular complexity index is 572. The Morgan fingerprint density at radius 3 is 2.71 bits per heavy atom. The largest absolute Gasteiger partial charge is 0.496 e. The van der Waals surface area contributed by atoms with Gasteiger partial charge in [0.1, 0.15) is 5.75 Å². The zero-order valence-corrected chi connectivity index (χ0v) is 15.8. The third-order valence-electron chi connectivity index (χ3n) is 3.48. The number of rotatable bonds is 7. The van der Waals surface area contributed by atoms with Gasteiger partial charge in [-0.15, -0.1) is 0 Å². The Kier molecular flexibility index (Phi) is 6.64. The van der Waals surface area contributed by atoms with E-state index in [4.69, 9.17) is 4.74 Å². The zero-order chi connectivity index (χ0) is 15.3. The van der Waals surface area contributed by atoms with Gasteiger partial charge in [-0.05, 0) is 53.6 Å². The predicted octanol–water partition coefficient (Wildman–Crippen LogP) is 3.25. The molecule has 1 fully saturated rings. The van der Waals surface area contributed by atoms with Gasteiger partial charge in [0.2, 0.25) is 10.0 Å². The highest BCUT2D eigenvalue weighted by Crippen LogP contribution is 2.29. The van der Waals surface area contributed by atoms with Gasteiger partial charge in [-0.1, -0.05) is 12.8 Å². The Balaban J connectivity index is 1.87. The number of methoxy groups -OCH3 is 1. The number of hydrogen-bond donors (Lipinski definition) is 1. The average molecular weight is 441 g/mol. The van der Waals surface area contributed by atoms with Crippen molar-refractivity contribution in [3.63, 3.8) is 0 Å². The molecule has 1 N–H and O–H groups in total. The fourth-order valence-electron chi connectivity index (χ4n) is 2.35. The molecule has 21 heavy (non-hydrogen) atoms. The average Bonchev–Trinajstić information content (AvgIpc) is 2.97. The highest BCUT2D eigenvalue weighted by molar-refractivity contribution is 14.1. The van der Waals surface area contributed by atoms with Crippen LogP contribution in [0.15, 0.2) is 23.1 Å². The summed E-state index contributed by atoms with van der Waals surface area (Å²) in [6, 6.07) is 4.89. The van der Waals surface area contributed by atoms with E-state index in [0.29, 0.717) is 17.2 Å². The van der Waals surface area contributed by atoms with Gasteiger partial charge in [0, 0.05) is 17.5 Å². The molecule has 0 bridgehead atoms. The standard InChI is InChI=1S/C14H20INO3S2/c1-19-14-7-6-12(10-13(14)15)21(17,18)16-8-9-20-11-4-2-3-5-11/h6-7,10-11,16H,2-5,8-9H2,1H3. The summed E-state index contributed by atoms with van der Waals surface area (Å²) in [6.45, 7) is 0.478. The second kappa shape index (κ2) is 8.03. The Morgan fingerprint density at radius 1 is 1.38 bits per heavy atom. The van der Waals surface area contributed by atoms with Crippen LogP contribution in [0.25, 0.3) is 0 Å². The van der Waals surface area contributed by atoms with Crippen molar-refractivity contribution in [2.24, 2.45) is 0 Å². The molecule has 4 nitrogen and oxygen atoms in total. The summed E-state index contributed by atoms with van der Waals surface area (Å²) >= 11 is 3.96. The first-order valence-corrected chi connectivity index (χ1v) is 10.6. The highest BCUT2D eigenvalue weighted by atomic mass is 127. The van der Waals surface area contributed by atoms with Crippen LogP contribution in [-0.2, 0) is 10.0 Å². The van der Waals surface area contributed by atoms with Gasteiger partial charge in [0.25, 0.3) is 0 Å². The van der Waals surface area contributed by atoms with Crippen LogP contribution < -0.4 is 9.46 Å². The van der Waals surface area contributed by atoms with E-state index in [1.54, 1.807) is 25.3 Å². The first-order valence-electron chi connectivity index (χ1n) is 6.98. The number of benzene rings is 1. The lowest BCUT2D eigenvalue weighted by atomic mass is 10.3. The molecule has 1 aliphatic rings. The number of ether oxygens (including phenoxy) is 1. The molecule has 0 aromatic heterocycles. The molecule has 0 amide bonds. The third kappa shape index (κ3) is 5.01. The Hall–Kier alpha value is 0.01000. The van der Waals surface area contributed by atoms with Crippen LogP contribution in [0.4, 0.5) is 0 Å². The Labute approximate surface area is 144 Å². The molecule has 0 spiro atoms. The van der Waals surface area contributed by atoms with Crippen LogP contribution in [0.3, 0.4) is 0 Å². The Morgan fingerprint density at radius 2 is 2.10 bits per heavy atom. The zero-order valence-electron chi connectivity index (χ0n) is 12.0. The van der Waals surface area contributed by atoms with Crippen LogP contribution in [0.5, 0.6) is 5.75 Å². The van der Waals surface area contributed by atoms with E-state index in [2.05, 4.69) is 27.3 Å². The van der Waals surface area contributed by atoms with Crippen molar-refractivity contribution in [1.82, 2.24) is 4.72 Å². The molecule has 7 heteroatoms. The van der Waals surface area contributed by atoms with Crippen molar-refractivity contribution >= 4 is 44.4 Å². The third-order valence-corrected chi connectivity index (χ3v) is 7.17. The molecule has 1 aliphatic carbocycles. The van der Waals surface area contributed by atoms with Crippen molar-refractivity contribution in [2.75, 3.05) is 19.4 Å². The number of thioether (sulfide) groups is 1. The van der Waals surface area contributed by atoms with Crippen molar-refractivity contribution in [3.8, 4) is 5.75 Å². The van der Waals surface area contributed by atoms with E-state index >= 15 is 0 Å². The van der Waals surface area contributed by atoms with Crippen LogP contribution in [0.1, 0.15) is 25.7 Å². The molecular formula is C14H20INO3S2. The van der Waals surface area contributed by atoms with Gasteiger partial charge in [0.15, 0.2) is 0 Å². The number of nitrogens with one attached hydrogen (secondary N) is 1. The summed E-state index contributed by atoms with van der Waals surface area (Å²) < 4.78 is 33.0. The second-order valence-electron chi connectivity index (χ2n) is 4.97. The maximum absolute atomic E-state index is 12.2. The van der Waals surface area contributed by atoms with E-state index in [9.17, 15) is 8.42 Å². The molecular weight excluding hydrogens is 421 g/mol. The molecule has 0 heterocycles. The predicted molar refractivity (Wildman–Crippen MR) is 95.6 cm³/mol. The number of sulfonamides is 1. The summed E-state index contributed by atoms with van der Waals surface area (Å²) in [6.07, 6.45) is 5.17. The minimum Gasteiger partial charge on any atom is -0.496 e. The lowest BCUT2D eigenvalue weighted by molar-refractivity contribution is 0.411. The van der Waals surface area contributed by atoms with E-state index in [1.807, 2.05) is 11.8 Å². The first-order chi connectivity index (χ1) is 10.0. The van der Waals surface area contributed by atoms with Crippen molar-refractivity contribution < 1.29 is 13.2 Å². The van der Waals surface area contributed by atoms with E-state index in [1.165, 1.54) is 25.7 Å². The van der Waals surface area contributed by atoms with Gasteiger partial charge >= 0.3 is 0 Å². The molecule has 0 radical (unpaired) electrons. The van der Waals surface area contributed by atoms with Gasteiger partial charge in [-0.3, -0.25) is 0 Å². The lowest BCUT2D eigenvalue weighted by Crippen LogP contribution is -2.26. The highest BCUT2D eigenvalue weighted by Gasteiger charge is 2.17.